The van der Waals surface area contributed by atoms with Gasteiger partial charge in [0.25, 0.3) is 5.91 Å². The van der Waals surface area contributed by atoms with Crippen LogP contribution >= 0.6 is 0 Å². The van der Waals surface area contributed by atoms with Crippen LogP contribution in [0.4, 0.5) is 0 Å². The normalized spacial score (nSPS) is 14.7. The minimum atomic E-state index is -0.323. The van der Waals surface area contributed by atoms with E-state index >= 15 is 0 Å². The summed E-state index contributed by atoms with van der Waals surface area (Å²) in [6.45, 7) is 3.80. The molecule has 0 fully saturated rings. The Morgan fingerprint density at radius 3 is 2.56 bits per heavy atom. The van der Waals surface area contributed by atoms with Crippen molar-refractivity contribution in [1.82, 2.24) is 24.6 Å². The zero-order valence-corrected chi connectivity index (χ0v) is 20.6. The van der Waals surface area contributed by atoms with Crippen LogP contribution in [0.5, 0.6) is 17.2 Å². The molecule has 0 aliphatic carbocycles. The molecule has 1 amide bonds. The number of carbonyl (C=O) groups is 1. The molecule has 1 atom stereocenters. The van der Waals surface area contributed by atoms with Gasteiger partial charge < -0.3 is 23.7 Å². The van der Waals surface area contributed by atoms with Crippen LogP contribution in [0.25, 0.3) is 11.3 Å². The number of nitrogens with zero attached hydrogens (tertiary/aromatic N) is 4. The Morgan fingerprint density at radius 1 is 1.03 bits per heavy atom. The van der Waals surface area contributed by atoms with Gasteiger partial charge in [-0.15, -0.1) is 0 Å². The first-order chi connectivity index (χ1) is 17.6. The first-order valence-corrected chi connectivity index (χ1v) is 11.9. The van der Waals surface area contributed by atoms with Gasteiger partial charge in [-0.25, -0.2) is 4.98 Å². The van der Waals surface area contributed by atoms with Crippen LogP contribution in [0.3, 0.4) is 0 Å². The van der Waals surface area contributed by atoms with E-state index in [0.717, 1.165) is 41.1 Å². The average Bonchev–Trinajstić information content (AvgIpc) is 3.64. The van der Waals surface area contributed by atoms with E-state index in [1.165, 1.54) is 0 Å². The molecule has 1 N–H and O–H groups in total. The lowest BCUT2D eigenvalue weighted by molar-refractivity contribution is 0.0739. The lowest BCUT2D eigenvalue weighted by atomic mass is 9.95. The van der Waals surface area contributed by atoms with E-state index < -0.39 is 0 Å². The zero-order valence-electron chi connectivity index (χ0n) is 20.6. The van der Waals surface area contributed by atoms with E-state index in [0.29, 0.717) is 30.3 Å². The maximum Gasteiger partial charge on any atom is 0.273 e. The van der Waals surface area contributed by atoms with Gasteiger partial charge >= 0.3 is 0 Å². The molecule has 4 aromatic rings. The van der Waals surface area contributed by atoms with Crippen molar-refractivity contribution in [3.05, 3.63) is 78.0 Å². The van der Waals surface area contributed by atoms with Crippen molar-refractivity contribution in [2.24, 2.45) is 0 Å². The number of aromatic nitrogens is 4. The Morgan fingerprint density at radius 2 is 1.86 bits per heavy atom. The number of carbonyl (C=O) groups excluding carboxylic acids is 1. The lowest BCUT2D eigenvalue weighted by Gasteiger charge is -2.27. The van der Waals surface area contributed by atoms with Crippen LogP contribution in [-0.2, 0) is 6.54 Å². The molecule has 3 heterocycles. The number of hydrogen-bond donors (Lipinski definition) is 1. The van der Waals surface area contributed by atoms with Crippen molar-refractivity contribution in [2.75, 3.05) is 27.4 Å². The number of methoxy groups -OCH3 is 2. The lowest BCUT2D eigenvalue weighted by Crippen LogP contribution is -2.31. The molecule has 0 radical (unpaired) electrons. The van der Waals surface area contributed by atoms with Crippen molar-refractivity contribution in [3.8, 4) is 28.5 Å². The van der Waals surface area contributed by atoms with E-state index in [2.05, 4.69) is 15.2 Å². The van der Waals surface area contributed by atoms with E-state index in [4.69, 9.17) is 14.2 Å². The Labute approximate surface area is 209 Å². The second kappa shape index (κ2) is 10.2. The summed E-state index contributed by atoms with van der Waals surface area (Å²) in [5.41, 5.74) is 3.96. The van der Waals surface area contributed by atoms with Crippen LogP contribution < -0.4 is 14.2 Å². The highest BCUT2D eigenvalue weighted by molar-refractivity contribution is 6.00. The molecular formula is C27H29N5O4. The number of imidazole rings is 1. The van der Waals surface area contributed by atoms with E-state index in [9.17, 15) is 4.79 Å². The summed E-state index contributed by atoms with van der Waals surface area (Å²) in [7, 11) is 3.26. The summed E-state index contributed by atoms with van der Waals surface area (Å²) in [4.78, 5) is 19.6. The van der Waals surface area contributed by atoms with Gasteiger partial charge in [-0.2, -0.15) is 5.10 Å². The third-order valence-electron chi connectivity index (χ3n) is 6.41. The zero-order chi connectivity index (χ0) is 25.1. The molecule has 9 heteroatoms. The quantitative estimate of drug-likeness (QED) is 0.358. The number of H-pyrrole nitrogens is 1. The van der Waals surface area contributed by atoms with Crippen LogP contribution in [0.2, 0.25) is 0 Å². The highest BCUT2D eigenvalue weighted by Crippen LogP contribution is 2.44. The predicted molar refractivity (Wildman–Crippen MR) is 134 cm³/mol. The van der Waals surface area contributed by atoms with Gasteiger partial charge in [0.05, 0.1) is 38.9 Å². The second-order valence-electron chi connectivity index (χ2n) is 8.49. The molecule has 2 aromatic heterocycles. The van der Waals surface area contributed by atoms with Gasteiger partial charge in [0.15, 0.2) is 11.5 Å². The fourth-order valence-electron chi connectivity index (χ4n) is 4.71. The first-order valence-electron chi connectivity index (χ1n) is 11.9. The number of amides is 1. The smallest absolute Gasteiger partial charge is 0.273 e. The van der Waals surface area contributed by atoms with Crippen LogP contribution in [-0.4, -0.2) is 57.9 Å². The standard InChI is InChI=1S/C27H29N5O4/c1-4-36-21-11-8-19(16-22(21)35-3)26-23-24(18-6-9-20(34-2)10-7-18)29-30-25(23)27(33)32(26)14-5-13-31-15-12-28-17-31/h6-12,15-17,26H,4-5,13-14H2,1-3H3,(H,29,30). The molecule has 1 aliphatic heterocycles. The van der Waals surface area contributed by atoms with Crippen molar-refractivity contribution >= 4 is 5.91 Å². The third-order valence-corrected chi connectivity index (χ3v) is 6.41. The summed E-state index contributed by atoms with van der Waals surface area (Å²) >= 11 is 0. The summed E-state index contributed by atoms with van der Waals surface area (Å²) in [6, 6.07) is 13.2. The average molecular weight is 488 g/mol. The maximum absolute atomic E-state index is 13.6. The summed E-state index contributed by atoms with van der Waals surface area (Å²) in [5, 5.41) is 7.57. The third kappa shape index (κ3) is 4.28. The Balaban J connectivity index is 1.55. The van der Waals surface area contributed by atoms with Crippen molar-refractivity contribution in [3.63, 3.8) is 0 Å². The molecule has 1 unspecified atom stereocenters. The van der Waals surface area contributed by atoms with Gasteiger partial charge in [0.2, 0.25) is 0 Å². The molecule has 0 saturated carbocycles. The molecule has 36 heavy (non-hydrogen) atoms. The fraction of sp³-hybridized carbons (Fsp3) is 0.296. The van der Waals surface area contributed by atoms with Crippen molar-refractivity contribution < 1.29 is 19.0 Å². The van der Waals surface area contributed by atoms with Crippen LogP contribution in [0.1, 0.15) is 41.0 Å². The number of ether oxygens (including phenoxy) is 3. The Bertz CT molecular complexity index is 1330. The fourth-order valence-corrected chi connectivity index (χ4v) is 4.71. The molecule has 0 bridgehead atoms. The van der Waals surface area contributed by atoms with Crippen molar-refractivity contribution in [2.45, 2.75) is 25.9 Å². The molecule has 0 saturated heterocycles. The minimum Gasteiger partial charge on any atom is -0.497 e. The number of aromatic amines is 1. The molecule has 5 rings (SSSR count). The molecule has 2 aromatic carbocycles. The summed E-state index contributed by atoms with van der Waals surface area (Å²) < 4.78 is 18.7. The maximum atomic E-state index is 13.6. The monoisotopic (exact) mass is 487 g/mol. The molecule has 0 spiro atoms. The van der Waals surface area contributed by atoms with Gasteiger partial charge in [-0.1, -0.05) is 6.07 Å². The van der Waals surface area contributed by atoms with Crippen LogP contribution in [0.15, 0.2) is 61.2 Å². The van der Waals surface area contributed by atoms with E-state index in [1.54, 1.807) is 26.7 Å². The highest BCUT2D eigenvalue weighted by Gasteiger charge is 2.42. The topological polar surface area (TPSA) is 94.5 Å². The number of rotatable bonds is 10. The highest BCUT2D eigenvalue weighted by atomic mass is 16.5. The number of fused-ring (bicyclic) bond motifs is 1. The molecule has 1 aliphatic rings. The Hall–Kier alpha value is -4.27. The SMILES string of the molecule is CCOc1ccc(C2c3c(-c4ccc(OC)cc4)n[nH]c3C(=O)N2CCCn2ccnc2)cc1OC. The number of nitrogens with one attached hydrogen (secondary N) is 1. The summed E-state index contributed by atoms with van der Waals surface area (Å²) in [6.07, 6.45) is 6.25. The van der Waals surface area contributed by atoms with Gasteiger partial charge in [0, 0.05) is 36.6 Å². The number of hydrogen-bond acceptors (Lipinski definition) is 6. The van der Waals surface area contributed by atoms with E-state index in [-0.39, 0.29) is 11.9 Å². The largest absolute Gasteiger partial charge is 0.497 e. The van der Waals surface area contributed by atoms with E-state index in [1.807, 2.05) is 65.1 Å². The van der Waals surface area contributed by atoms with Gasteiger partial charge in [0.1, 0.15) is 11.4 Å². The molecular weight excluding hydrogens is 458 g/mol. The molecule has 9 nitrogen and oxygen atoms in total. The first kappa shape index (κ1) is 23.5. The van der Waals surface area contributed by atoms with Crippen LogP contribution in [0, 0.1) is 0 Å². The Kier molecular flexibility index (Phi) is 6.62. The molecule has 186 valence electrons. The number of benzene rings is 2. The predicted octanol–water partition coefficient (Wildman–Crippen LogP) is 4.32. The summed E-state index contributed by atoms with van der Waals surface area (Å²) in [5.74, 6) is 1.99. The second-order valence-corrected chi connectivity index (χ2v) is 8.49. The minimum absolute atomic E-state index is 0.0688. The van der Waals surface area contributed by atoms with Crippen molar-refractivity contribution in [1.29, 1.82) is 0 Å². The number of aryl methyl sites for hydroxylation is 1. The van der Waals surface area contributed by atoms with Gasteiger partial charge in [-0.05, 0) is 55.3 Å². The van der Waals surface area contributed by atoms with Gasteiger partial charge in [-0.3, -0.25) is 9.89 Å².